The number of benzene rings is 1. The summed E-state index contributed by atoms with van der Waals surface area (Å²) in [5.74, 6) is -0.980. The Morgan fingerprint density at radius 2 is 2.00 bits per heavy atom. The first-order chi connectivity index (χ1) is 15.0. The van der Waals surface area contributed by atoms with E-state index in [4.69, 9.17) is 5.11 Å². The van der Waals surface area contributed by atoms with Crippen LogP contribution in [0.2, 0.25) is 0 Å². The van der Waals surface area contributed by atoms with Crippen molar-refractivity contribution in [1.29, 1.82) is 0 Å². The van der Waals surface area contributed by atoms with Crippen LogP contribution < -0.4 is 15.6 Å². The zero-order valence-electron chi connectivity index (χ0n) is 18.8. The topological polar surface area (TPSA) is 117 Å². The molecule has 0 fully saturated rings. The van der Waals surface area contributed by atoms with Gasteiger partial charge in [0.2, 0.25) is 5.75 Å². The smallest absolute Gasteiger partial charge is 0.504 e. The van der Waals surface area contributed by atoms with Crippen LogP contribution in [0.4, 0.5) is 4.79 Å². The van der Waals surface area contributed by atoms with Crippen LogP contribution in [0.1, 0.15) is 44.0 Å². The lowest BCUT2D eigenvalue weighted by Gasteiger charge is -2.18. The van der Waals surface area contributed by atoms with Gasteiger partial charge in [-0.15, -0.1) is 0 Å². The number of carbonyl (C=O) groups is 1. The van der Waals surface area contributed by atoms with E-state index in [1.54, 1.807) is 0 Å². The molecule has 8 heteroatoms. The third-order valence-corrected chi connectivity index (χ3v) is 5.91. The minimum atomic E-state index is -1.64. The van der Waals surface area contributed by atoms with E-state index >= 15 is 0 Å². The van der Waals surface area contributed by atoms with E-state index in [1.807, 2.05) is 6.07 Å². The summed E-state index contributed by atoms with van der Waals surface area (Å²) in [4.78, 5) is 26.2. The van der Waals surface area contributed by atoms with Crippen LogP contribution >= 0.6 is 0 Å². The van der Waals surface area contributed by atoms with Gasteiger partial charge in [0.15, 0.2) is 5.75 Å². The van der Waals surface area contributed by atoms with Crippen molar-refractivity contribution in [3.05, 3.63) is 45.4 Å². The standard InChI is InChI=1S/C24H29N3O5/c1-24(2,3)12-25-11-15-8-14-9-17-13(10-18(14)27(15)4)6-5-7-16-19(17)26-22(29)21(20(16)28)32-23(30)31/h8-10,25H,5-7,11-12H2,1-4H3,(H,30,31)(H2,26,28,29). The maximum atomic E-state index is 12.5. The number of ether oxygens (including phenoxy) is 1. The molecule has 0 amide bonds. The van der Waals surface area contributed by atoms with Gasteiger partial charge < -0.3 is 29.8 Å². The van der Waals surface area contributed by atoms with Crippen LogP contribution in [0.15, 0.2) is 23.0 Å². The van der Waals surface area contributed by atoms with Gasteiger partial charge in [0, 0.05) is 47.9 Å². The van der Waals surface area contributed by atoms with Crippen LogP contribution in [0.3, 0.4) is 0 Å². The molecule has 0 saturated carbocycles. The van der Waals surface area contributed by atoms with Gasteiger partial charge in [-0.1, -0.05) is 20.8 Å². The number of aromatic amines is 1. The van der Waals surface area contributed by atoms with Gasteiger partial charge in [0.1, 0.15) is 0 Å². The summed E-state index contributed by atoms with van der Waals surface area (Å²) >= 11 is 0. The zero-order chi connectivity index (χ0) is 23.2. The predicted molar refractivity (Wildman–Crippen MR) is 122 cm³/mol. The predicted octanol–water partition coefficient (Wildman–Crippen LogP) is 3.92. The average Bonchev–Trinajstić information content (AvgIpc) is 2.88. The van der Waals surface area contributed by atoms with Gasteiger partial charge in [0.05, 0.1) is 5.69 Å². The van der Waals surface area contributed by atoms with Crippen molar-refractivity contribution in [2.75, 3.05) is 6.54 Å². The third kappa shape index (κ3) is 4.10. The van der Waals surface area contributed by atoms with E-state index < -0.39 is 23.2 Å². The van der Waals surface area contributed by atoms with Crippen molar-refractivity contribution < 1.29 is 19.7 Å². The Labute approximate surface area is 185 Å². The van der Waals surface area contributed by atoms with Gasteiger partial charge in [-0.3, -0.25) is 4.79 Å². The molecule has 0 radical (unpaired) electrons. The first-order valence-corrected chi connectivity index (χ1v) is 10.8. The third-order valence-electron chi connectivity index (χ3n) is 5.91. The van der Waals surface area contributed by atoms with Gasteiger partial charge in [-0.25, -0.2) is 4.79 Å². The highest BCUT2D eigenvalue weighted by Gasteiger charge is 2.25. The molecule has 8 nitrogen and oxygen atoms in total. The fraction of sp³-hybridized carbons (Fsp3) is 0.417. The number of carboxylic acid groups (broad SMARTS) is 1. The van der Waals surface area contributed by atoms with Crippen molar-refractivity contribution in [2.24, 2.45) is 12.5 Å². The Balaban J connectivity index is 1.79. The molecule has 2 heterocycles. The van der Waals surface area contributed by atoms with Crippen LogP contribution in [0.5, 0.6) is 11.5 Å². The second-order valence-corrected chi connectivity index (χ2v) is 9.63. The van der Waals surface area contributed by atoms with E-state index in [2.05, 4.69) is 59.6 Å². The largest absolute Gasteiger partial charge is 0.511 e. The second-order valence-electron chi connectivity index (χ2n) is 9.63. The van der Waals surface area contributed by atoms with Gasteiger partial charge >= 0.3 is 6.16 Å². The Kier molecular flexibility index (Phi) is 5.50. The molecule has 0 atom stereocenters. The van der Waals surface area contributed by atoms with Crippen molar-refractivity contribution in [3.63, 3.8) is 0 Å². The van der Waals surface area contributed by atoms with E-state index in [0.29, 0.717) is 17.7 Å². The van der Waals surface area contributed by atoms with E-state index in [1.165, 1.54) is 0 Å². The van der Waals surface area contributed by atoms with Crippen molar-refractivity contribution in [2.45, 2.75) is 46.6 Å². The second kappa shape index (κ2) is 8.02. The number of rotatable bonds is 4. The lowest BCUT2D eigenvalue weighted by molar-refractivity contribution is 0.142. The van der Waals surface area contributed by atoms with Crippen molar-refractivity contribution in [1.82, 2.24) is 14.9 Å². The molecule has 0 aliphatic heterocycles. The number of aromatic nitrogens is 2. The van der Waals surface area contributed by atoms with Gasteiger partial charge in [0.25, 0.3) is 5.56 Å². The first-order valence-electron chi connectivity index (χ1n) is 10.8. The number of hydrogen-bond acceptors (Lipinski definition) is 5. The molecule has 32 heavy (non-hydrogen) atoms. The highest BCUT2D eigenvalue weighted by atomic mass is 16.7. The highest BCUT2D eigenvalue weighted by Crippen LogP contribution is 2.40. The fourth-order valence-corrected chi connectivity index (χ4v) is 4.38. The minimum absolute atomic E-state index is 0.197. The number of aryl methyl sites for hydroxylation is 2. The number of aromatic hydroxyl groups is 1. The summed E-state index contributed by atoms with van der Waals surface area (Å²) < 4.78 is 6.72. The molecule has 0 unspecified atom stereocenters. The maximum Gasteiger partial charge on any atom is 0.511 e. The molecule has 4 N–H and O–H groups in total. The molecule has 1 aliphatic rings. The number of nitrogens with zero attached hydrogens (tertiary/aromatic N) is 1. The summed E-state index contributed by atoms with van der Waals surface area (Å²) in [5, 5.41) is 24.1. The Hall–Kier alpha value is -3.26. The molecular weight excluding hydrogens is 410 g/mol. The average molecular weight is 440 g/mol. The molecule has 1 aliphatic carbocycles. The number of hydrogen-bond donors (Lipinski definition) is 4. The number of nitrogens with one attached hydrogen (secondary N) is 2. The molecule has 170 valence electrons. The molecule has 4 rings (SSSR count). The lowest BCUT2D eigenvalue weighted by Crippen LogP contribution is -2.27. The molecule has 3 aromatic rings. The van der Waals surface area contributed by atoms with Crippen molar-refractivity contribution >= 4 is 17.1 Å². The summed E-state index contributed by atoms with van der Waals surface area (Å²) in [5.41, 5.74) is 4.65. The molecular formula is C24H29N3O5. The SMILES string of the molecule is Cn1c(CNCC(C)(C)C)cc2cc3c(cc21)CCCc1c-3[nH]c(=O)c(OC(=O)O)c1O. The zero-order valence-corrected chi connectivity index (χ0v) is 18.8. The number of pyridine rings is 1. The van der Waals surface area contributed by atoms with Crippen LogP contribution in [-0.4, -0.2) is 32.5 Å². The minimum Gasteiger partial charge on any atom is -0.504 e. The van der Waals surface area contributed by atoms with E-state index in [-0.39, 0.29) is 5.41 Å². The molecule has 0 saturated heterocycles. The maximum absolute atomic E-state index is 12.5. The van der Waals surface area contributed by atoms with Crippen LogP contribution in [0, 0.1) is 5.41 Å². The molecule has 1 aromatic carbocycles. The highest BCUT2D eigenvalue weighted by molar-refractivity contribution is 5.89. The lowest BCUT2D eigenvalue weighted by atomic mass is 9.97. The summed E-state index contributed by atoms with van der Waals surface area (Å²) in [6, 6.07) is 6.31. The monoisotopic (exact) mass is 439 g/mol. The quantitative estimate of drug-likeness (QED) is 0.458. The Morgan fingerprint density at radius 1 is 1.25 bits per heavy atom. The van der Waals surface area contributed by atoms with Gasteiger partial charge in [-0.05, 0) is 48.4 Å². The molecule has 0 spiro atoms. The van der Waals surface area contributed by atoms with E-state index in [9.17, 15) is 14.7 Å². The first kappa shape index (κ1) is 22.0. The normalized spacial score (nSPS) is 13.5. The van der Waals surface area contributed by atoms with Crippen molar-refractivity contribution in [3.8, 4) is 22.8 Å². The van der Waals surface area contributed by atoms with Gasteiger partial charge in [-0.2, -0.15) is 0 Å². The number of fused-ring (bicyclic) bond motifs is 4. The Morgan fingerprint density at radius 3 is 2.69 bits per heavy atom. The summed E-state index contributed by atoms with van der Waals surface area (Å²) in [7, 11) is 2.05. The summed E-state index contributed by atoms with van der Waals surface area (Å²) in [6.45, 7) is 8.23. The van der Waals surface area contributed by atoms with Crippen LogP contribution in [-0.2, 0) is 26.4 Å². The van der Waals surface area contributed by atoms with Crippen LogP contribution in [0.25, 0.3) is 22.2 Å². The number of H-pyrrole nitrogens is 1. The summed E-state index contributed by atoms with van der Waals surface area (Å²) in [6.07, 6.45) is 0.390. The van der Waals surface area contributed by atoms with E-state index in [0.717, 1.165) is 53.7 Å². The Bertz CT molecular complexity index is 1260. The molecule has 2 aromatic heterocycles. The fourth-order valence-electron chi connectivity index (χ4n) is 4.38. The molecule has 0 bridgehead atoms.